The molecule has 0 unspecified atom stereocenters. The van der Waals surface area contributed by atoms with Crippen LogP contribution in [0.2, 0.25) is 0 Å². The topological polar surface area (TPSA) is 47.5 Å². The molecule has 250 valence electrons. The third-order valence-corrected chi connectivity index (χ3v) is 11.1. The number of benzene rings is 8. The smallest absolute Gasteiger partial charge is 0.164 e. The first-order valence-corrected chi connectivity index (χ1v) is 18.3. The molecule has 12 aromatic rings. The van der Waals surface area contributed by atoms with E-state index < -0.39 is 0 Å². The molecule has 0 fully saturated rings. The number of hydrogen-bond donors (Lipinski definition) is 0. The summed E-state index contributed by atoms with van der Waals surface area (Å²) in [7, 11) is 0. The fraction of sp³-hybridized carbons (Fsp3) is 0. The van der Waals surface area contributed by atoms with Crippen LogP contribution < -0.4 is 0 Å². The maximum atomic E-state index is 5.23. The van der Waals surface area contributed by atoms with Crippen LogP contribution >= 0.6 is 0 Å². The van der Waals surface area contributed by atoms with E-state index in [0.29, 0.717) is 17.5 Å². The van der Waals surface area contributed by atoms with Crippen molar-refractivity contribution in [3.05, 3.63) is 176 Å². The summed E-state index contributed by atoms with van der Waals surface area (Å²) >= 11 is 0. The Morgan fingerprint density at radius 1 is 0.315 bits per heavy atom. The minimum atomic E-state index is 0.644. The Morgan fingerprint density at radius 3 is 1.44 bits per heavy atom. The molecular formula is C49H29N5. The quantitative estimate of drug-likeness (QED) is 0.186. The summed E-state index contributed by atoms with van der Waals surface area (Å²) in [6.45, 7) is 0. The van der Waals surface area contributed by atoms with Crippen LogP contribution in [-0.2, 0) is 0 Å². The lowest BCUT2D eigenvalue weighted by Crippen LogP contribution is -2.00. The van der Waals surface area contributed by atoms with Crippen LogP contribution in [0.5, 0.6) is 0 Å². The molecular weight excluding hydrogens is 659 g/mol. The molecule has 5 nitrogen and oxygen atoms in total. The van der Waals surface area contributed by atoms with E-state index in [-0.39, 0.29) is 0 Å². The molecule has 4 heterocycles. The SMILES string of the molecule is c1ccc(-c2nc(-c3ccccc3)nc(-c3ccc4c5ccccc5n5c6ccccc6c6c7ccccc7cc(c65)n5c6ccccc6c3c45)n2)cc1. The van der Waals surface area contributed by atoms with Crippen molar-refractivity contribution < 1.29 is 0 Å². The van der Waals surface area contributed by atoms with Crippen molar-refractivity contribution in [3.63, 3.8) is 0 Å². The molecule has 5 heteroatoms. The Balaban J connectivity index is 1.34. The van der Waals surface area contributed by atoms with Crippen LogP contribution in [0.15, 0.2) is 176 Å². The molecule has 0 saturated heterocycles. The van der Waals surface area contributed by atoms with Crippen LogP contribution in [-0.4, -0.2) is 23.8 Å². The van der Waals surface area contributed by atoms with Gasteiger partial charge in [0, 0.05) is 49.0 Å². The van der Waals surface area contributed by atoms with Gasteiger partial charge in [-0.1, -0.05) is 146 Å². The highest BCUT2D eigenvalue weighted by Gasteiger charge is 2.24. The zero-order valence-corrected chi connectivity index (χ0v) is 29.0. The Kier molecular flexibility index (Phi) is 5.99. The molecule has 0 aliphatic rings. The fourth-order valence-corrected chi connectivity index (χ4v) is 8.82. The van der Waals surface area contributed by atoms with Gasteiger partial charge >= 0.3 is 0 Å². The van der Waals surface area contributed by atoms with Crippen molar-refractivity contribution in [2.45, 2.75) is 0 Å². The zero-order valence-electron chi connectivity index (χ0n) is 29.0. The monoisotopic (exact) mass is 687 g/mol. The van der Waals surface area contributed by atoms with Gasteiger partial charge in [0.15, 0.2) is 17.5 Å². The minimum absolute atomic E-state index is 0.644. The van der Waals surface area contributed by atoms with Crippen LogP contribution in [0.4, 0.5) is 0 Å². The van der Waals surface area contributed by atoms with Crippen LogP contribution in [0.25, 0.3) is 110 Å². The summed E-state index contributed by atoms with van der Waals surface area (Å²) in [6, 6.07) is 62.5. The first-order valence-electron chi connectivity index (χ1n) is 18.3. The van der Waals surface area contributed by atoms with Gasteiger partial charge < -0.3 is 8.80 Å². The Bertz CT molecular complexity index is 3430. The third kappa shape index (κ3) is 4.01. The number of hydrogen-bond acceptors (Lipinski definition) is 3. The normalized spacial score (nSPS) is 12.1. The second-order valence-corrected chi connectivity index (χ2v) is 14.0. The summed E-state index contributed by atoms with van der Waals surface area (Å²) < 4.78 is 4.99. The standard InChI is InChI=1S/C49H29N5/c1-3-15-30(16-4-1)47-50-48(31-17-5-2-6-18-31)52-49(51-47)38-28-27-35-34-21-9-12-24-39(34)53-40-25-13-10-22-36(40)43-33-20-8-7-19-32(33)29-42(46(43)53)54-41-26-14-11-23-37(41)44(38)45(35)54/h1-29H. The van der Waals surface area contributed by atoms with Crippen LogP contribution in [0.3, 0.4) is 0 Å². The molecule has 0 atom stereocenters. The van der Waals surface area contributed by atoms with E-state index >= 15 is 0 Å². The lowest BCUT2D eigenvalue weighted by atomic mass is 10.0. The first kappa shape index (κ1) is 29.2. The van der Waals surface area contributed by atoms with E-state index in [1.54, 1.807) is 0 Å². The summed E-state index contributed by atoms with van der Waals surface area (Å²) in [4.78, 5) is 15.5. The first-order chi connectivity index (χ1) is 26.8. The molecule has 0 radical (unpaired) electrons. The third-order valence-electron chi connectivity index (χ3n) is 11.1. The average Bonchev–Trinajstić information content (AvgIpc) is 3.77. The van der Waals surface area contributed by atoms with E-state index in [1.807, 2.05) is 36.4 Å². The van der Waals surface area contributed by atoms with Crippen LogP contribution in [0.1, 0.15) is 0 Å². The van der Waals surface area contributed by atoms with Gasteiger partial charge in [0.25, 0.3) is 0 Å². The second-order valence-electron chi connectivity index (χ2n) is 14.0. The Labute approximate surface area is 309 Å². The van der Waals surface area contributed by atoms with Gasteiger partial charge in [0.2, 0.25) is 0 Å². The van der Waals surface area contributed by atoms with Gasteiger partial charge in [0.05, 0.1) is 33.1 Å². The maximum Gasteiger partial charge on any atom is 0.164 e. The van der Waals surface area contributed by atoms with E-state index in [0.717, 1.165) is 54.9 Å². The summed E-state index contributed by atoms with van der Waals surface area (Å²) in [5, 5.41) is 9.55. The van der Waals surface area contributed by atoms with E-state index in [1.165, 1.54) is 38.0 Å². The molecule has 0 aliphatic heterocycles. The molecule has 12 rings (SSSR count). The summed E-state index contributed by atoms with van der Waals surface area (Å²) in [5.74, 6) is 1.94. The predicted molar refractivity (Wildman–Crippen MR) is 223 cm³/mol. The van der Waals surface area contributed by atoms with Gasteiger partial charge in [-0.15, -0.1) is 0 Å². The van der Waals surface area contributed by atoms with Crippen molar-refractivity contribution in [1.82, 2.24) is 23.8 Å². The van der Waals surface area contributed by atoms with Crippen LogP contribution in [0, 0.1) is 0 Å². The molecule has 4 aromatic heterocycles. The lowest BCUT2D eigenvalue weighted by Gasteiger charge is -2.13. The molecule has 8 aromatic carbocycles. The molecule has 0 amide bonds. The van der Waals surface area contributed by atoms with Gasteiger partial charge in [-0.3, -0.25) is 0 Å². The van der Waals surface area contributed by atoms with E-state index in [4.69, 9.17) is 15.0 Å². The number of nitrogens with zero attached hydrogens (tertiary/aromatic N) is 5. The number of aromatic nitrogens is 5. The van der Waals surface area contributed by atoms with Crippen molar-refractivity contribution in [2.75, 3.05) is 0 Å². The fourth-order valence-electron chi connectivity index (χ4n) is 8.82. The lowest BCUT2D eigenvalue weighted by molar-refractivity contribution is 1.08. The minimum Gasteiger partial charge on any atom is -0.307 e. The highest BCUT2D eigenvalue weighted by molar-refractivity contribution is 6.29. The van der Waals surface area contributed by atoms with E-state index in [2.05, 4.69) is 148 Å². The maximum absolute atomic E-state index is 5.23. The molecule has 0 spiro atoms. The van der Waals surface area contributed by atoms with Gasteiger partial charge in [0.1, 0.15) is 0 Å². The highest BCUT2D eigenvalue weighted by Crippen LogP contribution is 2.45. The Hall–Kier alpha value is -7.37. The van der Waals surface area contributed by atoms with E-state index in [9.17, 15) is 0 Å². The molecule has 54 heavy (non-hydrogen) atoms. The van der Waals surface area contributed by atoms with Crippen molar-refractivity contribution >= 4 is 76.2 Å². The van der Waals surface area contributed by atoms with Gasteiger partial charge in [-0.25, -0.2) is 15.0 Å². The molecule has 0 saturated carbocycles. The summed E-state index contributed by atoms with van der Waals surface area (Å²) in [6.07, 6.45) is 0. The number of fused-ring (bicyclic) bond motifs is 12. The largest absolute Gasteiger partial charge is 0.307 e. The molecule has 0 N–H and O–H groups in total. The van der Waals surface area contributed by atoms with Crippen molar-refractivity contribution in [1.29, 1.82) is 0 Å². The Morgan fingerprint density at radius 2 is 0.796 bits per heavy atom. The average molecular weight is 688 g/mol. The number of para-hydroxylation sites is 3. The molecule has 0 bridgehead atoms. The van der Waals surface area contributed by atoms with Crippen molar-refractivity contribution in [3.8, 4) is 34.2 Å². The van der Waals surface area contributed by atoms with Gasteiger partial charge in [-0.05, 0) is 41.1 Å². The zero-order chi connectivity index (χ0) is 35.3. The highest BCUT2D eigenvalue weighted by atomic mass is 15.0. The van der Waals surface area contributed by atoms with Crippen molar-refractivity contribution in [2.24, 2.45) is 0 Å². The second kappa shape index (κ2) is 11.1. The summed E-state index contributed by atoms with van der Waals surface area (Å²) in [5.41, 5.74) is 9.82. The predicted octanol–water partition coefficient (Wildman–Crippen LogP) is 12.3. The molecule has 0 aliphatic carbocycles. The van der Waals surface area contributed by atoms with Gasteiger partial charge in [-0.2, -0.15) is 0 Å². The number of rotatable bonds is 3.